The number of likely N-dealkylation sites (N-methyl/N-ethyl adjacent to an activating group) is 1. The molecule has 0 aliphatic heterocycles. The molecule has 20 heavy (non-hydrogen) atoms. The van der Waals surface area contributed by atoms with Crippen molar-refractivity contribution < 1.29 is 0 Å². The van der Waals surface area contributed by atoms with Gasteiger partial charge in [-0.2, -0.15) is 5.10 Å². The van der Waals surface area contributed by atoms with E-state index in [4.69, 9.17) is 0 Å². The number of hydrogen-bond acceptors (Lipinski definition) is 5. The Morgan fingerprint density at radius 3 is 2.65 bits per heavy atom. The largest absolute Gasteiger partial charge is 0.358 e. The monoisotopic (exact) mass is 271 g/mol. The van der Waals surface area contributed by atoms with Crippen LogP contribution in [0.3, 0.4) is 0 Å². The molecule has 0 atom stereocenters. The molecule has 0 amide bonds. The van der Waals surface area contributed by atoms with Crippen LogP contribution in [0.5, 0.6) is 0 Å². The van der Waals surface area contributed by atoms with E-state index < -0.39 is 0 Å². The van der Waals surface area contributed by atoms with Crippen LogP contribution in [0.2, 0.25) is 0 Å². The minimum Gasteiger partial charge on any atom is -0.358 e. The van der Waals surface area contributed by atoms with Crippen LogP contribution < -0.4 is 10.2 Å². The van der Waals surface area contributed by atoms with E-state index in [1.807, 2.05) is 43.6 Å². The van der Waals surface area contributed by atoms with E-state index in [1.54, 1.807) is 0 Å². The molecule has 0 saturated carbocycles. The maximum Gasteiger partial charge on any atom is 0.150 e. The highest BCUT2D eigenvalue weighted by Gasteiger charge is 2.04. The Morgan fingerprint density at radius 2 is 2.00 bits per heavy atom. The summed E-state index contributed by atoms with van der Waals surface area (Å²) in [5, 5.41) is 11.7. The fourth-order valence-corrected chi connectivity index (χ4v) is 1.85. The molecule has 106 valence electrons. The van der Waals surface area contributed by atoms with Gasteiger partial charge in [-0.1, -0.05) is 13.0 Å². The molecule has 0 spiro atoms. The molecule has 2 heterocycles. The van der Waals surface area contributed by atoms with Crippen molar-refractivity contribution in [1.82, 2.24) is 20.5 Å². The Labute approximate surface area is 120 Å². The molecule has 5 nitrogen and oxygen atoms in total. The topological polar surface area (TPSA) is 53.9 Å². The van der Waals surface area contributed by atoms with Gasteiger partial charge in [0, 0.05) is 38.4 Å². The van der Waals surface area contributed by atoms with Gasteiger partial charge in [0.2, 0.25) is 0 Å². The van der Waals surface area contributed by atoms with Crippen LogP contribution in [0.4, 0.5) is 5.82 Å². The van der Waals surface area contributed by atoms with E-state index in [1.165, 1.54) is 0 Å². The van der Waals surface area contributed by atoms with Crippen LogP contribution in [0, 0.1) is 0 Å². The standard InChI is InChI=1S/C15H21N5/c1-3-16-12-14-7-8-15(19-18-14)20(2)11-9-13-6-4-5-10-17-13/h4-8,10,16H,3,9,11-12H2,1-2H3. The van der Waals surface area contributed by atoms with Gasteiger partial charge < -0.3 is 10.2 Å². The highest BCUT2D eigenvalue weighted by Crippen LogP contribution is 2.08. The number of rotatable bonds is 7. The number of anilines is 1. The van der Waals surface area contributed by atoms with Crippen molar-refractivity contribution in [3.63, 3.8) is 0 Å². The van der Waals surface area contributed by atoms with Gasteiger partial charge in [0.15, 0.2) is 5.82 Å². The third-order valence-electron chi connectivity index (χ3n) is 3.08. The molecule has 0 unspecified atom stereocenters. The minimum absolute atomic E-state index is 0.765. The first kappa shape index (κ1) is 14.4. The number of aromatic nitrogens is 3. The van der Waals surface area contributed by atoms with E-state index in [-0.39, 0.29) is 0 Å². The van der Waals surface area contributed by atoms with Crippen molar-refractivity contribution >= 4 is 5.82 Å². The quantitative estimate of drug-likeness (QED) is 0.830. The van der Waals surface area contributed by atoms with Gasteiger partial charge in [-0.05, 0) is 30.8 Å². The summed E-state index contributed by atoms with van der Waals surface area (Å²) in [6.45, 7) is 4.65. The van der Waals surface area contributed by atoms with Crippen molar-refractivity contribution in [3.8, 4) is 0 Å². The Morgan fingerprint density at radius 1 is 1.10 bits per heavy atom. The van der Waals surface area contributed by atoms with Crippen molar-refractivity contribution in [3.05, 3.63) is 47.9 Å². The van der Waals surface area contributed by atoms with Crippen LogP contribution >= 0.6 is 0 Å². The van der Waals surface area contributed by atoms with Crippen LogP contribution in [-0.4, -0.2) is 35.3 Å². The fourth-order valence-electron chi connectivity index (χ4n) is 1.85. The van der Waals surface area contributed by atoms with Crippen LogP contribution in [0.25, 0.3) is 0 Å². The summed E-state index contributed by atoms with van der Waals surface area (Å²) in [4.78, 5) is 6.42. The molecule has 0 bridgehead atoms. The van der Waals surface area contributed by atoms with E-state index in [9.17, 15) is 0 Å². The number of hydrogen-bond donors (Lipinski definition) is 1. The summed E-state index contributed by atoms with van der Waals surface area (Å²) < 4.78 is 0. The smallest absolute Gasteiger partial charge is 0.150 e. The molecule has 5 heteroatoms. The maximum atomic E-state index is 4.32. The zero-order valence-electron chi connectivity index (χ0n) is 12.1. The van der Waals surface area contributed by atoms with Gasteiger partial charge in [-0.15, -0.1) is 5.10 Å². The second-order valence-electron chi connectivity index (χ2n) is 4.66. The lowest BCUT2D eigenvalue weighted by Crippen LogP contribution is -2.22. The van der Waals surface area contributed by atoms with Crippen LogP contribution in [0.15, 0.2) is 36.5 Å². The van der Waals surface area contributed by atoms with Gasteiger partial charge in [-0.3, -0.25) is 4.98 Å². The minimum atomic E-state index is 0.765. The lowest BCUT2D eigenvalue weighted by molar-refractivity contribution is 0.696. The molecule has 2 aromatic rings. The van der Waals surface area contributed by atoms with Crippen molar-refractivity contribution in [2.75, 3.05) is 25.0 Å². The SMILES string of the molecule is CCNCc1ccc(N(C)CCc2ccccn2)nn1. The van der Waals surface area contributed by atoms with Gasteiger partial charge >= 0.3 is 0 Å². The molecule has 0 fully saturated rings. The van der Waals surface area contributed by atoms with E-state index in [2.05, 4.69) is 32.3 Å². The Kier molecular flexibility index (Phi) is 5.43. The molecule has 0 radical (unpaired) electrons. The molecule has 0 aliphatic rings. The third kappa shape index (κ3) is 4.28. The average molecular weight is 271 g/mol. The van der Waals surface area contributed by atoms with E-state index in [0.29, 0.717) is 0 Å². The lowest BCUT2D eigenvalue weighted by atomic mass is 10.2. The highest BCUT2D eigenvalue weighted by molar-refractivity contribution is 5.36. The second-order valence-corrected chi connectivity index (χ2v) is 4.66. The first-order chi connectivity index (χ1) is 9.79. The average Bonchev–Trinajstić information content (AvgIpc) is 2.52. The summed E-state index contributed by atoms with van der Waals surface area (Å²) in [7, 11) is 2.02. The van der Waals surface area contributed by atoms with Crippen molar-refractivity contribution in [2.45, 2.75) is 19.9 Å². The molecule has 0 saturated heterocycles. The zero-order valence-corrected chi connectivity index (χ0v) is 12.1. The molecule has 1 N–H and O–H groups in total. The predicted octanol–water partition coefficient (Wildman–Crippen LogP) is 1.66. The van der Waals surface area contributed by atoms with Gasteiger partial charge in [0.25, 0.3) is 0 Å². The maximum absolute atomic E-state index is 4.32. The molecular formula is C15H21N5. The zero-order chi connectivity index (χ0) is 14.2. The summed E-state index contributed by atoms with van der Waals surface area (Å²) in [5.41, 5.74) is 2.06. The van der Waals surface area contributed by atoms with Gasteiger partial charge in [0.1, 0.15) is 0 Å². The molecule has 2 aromatic heterocycles. The summed E-state index contributed by atoms with van der Waals surface area (Å²) in [5.74, 6) is 0.890. The van der Waals surface area contributed by atoms with E-state index in [0.717, 1.165) is 43.3 Å². The molecule has 0 aliphatic carbocycles. The fraction of sp³-hybridized carbons (Fsp3) is 0.400. The van der Waals surface area contributed by atoms with Crippen molar-refractivity contribution in [1.29, 1.82) is 0 Å². The molecule has 2 rings (SSSR count). The van der Waals surface area contributed by atoms with Gasteiger partial charge in [0.05, 0.1) is 5.69 Å². The summed E-state index contributed by atoms with van der Waals surface area (Å²) in [6, 6.07) is 10.0. The second kappa shape index (κ2) is 7.55. The molecule has 0 aromatic carbocycles. The van der Waals surface area contributed by atoms with Gasteiger partial charge in [-0.25, -0.2) is 0 Å². The first-order valence-corrected chi connectivity index (χ1v) is 6.94. The Bertz CT molecular complexity index is 497. The van der Waals surface area contributed by atoms with Crippen LogP contribution in [-0.2, 0) is 13.0 Å². The van der Waals surface area contributed by atoms with Crippen LogP contribution in [0.1, 0.15) is 18.3 Å². The predicted molar refractivity (Wildman–Crippen MR) is 80.6 cm³/mol. The molecular weight excluding hydrogens is 250 g/mol. The number of pyridine rings is 1. The summed E-state index contributed by atoms with van der Waals surface area (Å²) >= 11 is 0. The number of nitrogens with zero attached hydrogens (tertiary/aromatic N) is 4. The van der Waals surface area contributed by atoms with Crippen molar-refractivity contribution in [2.24, 2.45) is 0 Å². The normalized spacial score (nSPS) is 10.5. The number of nitrogens with one attached hydrogen (secondary N) is 1. The highest BCUT2D eigenvalue weighted by atomic mass is 15.2. The third-order valence-corrected chi connectivity index (χ3v) is 3.08. The van der Waals surface area contributed by atoms with E-state index >= 15 is 0 Å². The summed E-state index contributed by atoms with van der Waals surface area (Å²) in [6.07, 6.45) is 2.73. The first-order valence-electron chi connectivity index (χ1n) is 6.94. The Hall–Kier alpha value is -2.01. The lowest BCUT2D eigenvalue weighted by Gasteiger charge is -2.17. The Balaban J connectivity index is 1.87.